The quantitative estimate of drug-likeness (QED) is 0.635. The van der Waals surface area contributed by atoms with Crippen LogP contribution in [0.2, 0.25) is 0 Å². The third-order valence-electron chi connectivity index (χ3n) is 1.82. The van der Waals surface area contributed by atoms with Crippen molar-refractivity contribution in [3.8, 4) is 0 Å². The van der Waals surface area contributed by atoms with E-state index in [-0.39, 0.29) is 6.10 Å². The molecule has 0 aromatic carbocycles. The highest BCUT2D eigenvalue weighted by atomic mass is 32.2. The van der Waals surface area contributed by atoms with Crippen LogP contribution in [-0.4, -0.2) is 14.5 Å². The Kier molecular flexibility index (Phi) is 3.29. The first-order chi connectivity index (χ1) is 5.64. The summed E-state index contributed by atoms with van der Waals surface area (Å²) in [4.78, 5) is 0. The highest BCUT2D eigenvalue weighted by Crippen LogP contribution is 2.24. The topological polar surface area (TPSA) is 43.4 Å². The summed E-state index contributed by atoms with van der Waals surface area (Å²) in [6, 6.07) is 0. The fourth-order valence-corrected chi connectivity index (χ4v) is 1.97. The summed E-state index contributed by atoms with van der Waals surface area (Å²) in [5.41, 5.74) is 0. The molecule has 0 atom stereocenters. The number of hydrogen-bond donors (Lipinski definition) is 0. The second-order valence-electron chi connectivity index (χ2n) is 2.92. The molecule has 0 bridgehead atoms. The lowest BCUT2D eigenvalue weighted by atomic mass is 9.97. The van der Waals surface area contributed by atoms with Gasteiger partial charge < -0.3 is 0 Å². The van der Waals surface area contributed by atoms with Crippen LogP contribution in [0.1, 0.15) is 32.6 Å². The van der Waals surface area contributed by atoms with Crippen LogP contribution in [0, 0.1) is 0 Å². The number of allylic oxidation sites excluding steroid dienone is 1. The van der Waals surface area contributed by atoms with Gasteiger partial charge in [-0.1, -0.05) is 13.0 Å². The normalized spacial score (nSPS) is 19.8. The molecule has 0 saturated heterocycles. The highest BCUT2D eigenvalue weighted by molar-refractivity contribution is 7.89. The zero-order valence-electron chi connectivity index (χ0n) is 7.19. The maximum atomic E-state index is 11.1. The Bertz CT molecular complexity index is 249. The van der Waals surface area contributed by atoms with Gasteiger partial charge in [-0.15, -0.1) is 0 Å². The van der Waals surface area contributed by atoms with E-state index in [2.05, 4.69) is 0 Å². The van der Waals surface area contributed by atoms with Crippen molar-refractivity contribution in [2.75, 3.05) is 0 Å². The Labute approximate surface area is 73.5 Å². The van der Waals surface area contributed by atoms with E-state index in [0.29, 0.717) is 6.42 Å². The minimum Gasteiger partial charge on any atom is -0.263 e. The molecular weight excluding hydrogens is 176 g/mol. The van der Waals surface area contributed by atoms with E-state index >= 15 is 0 Å². The summed E-state index contributed by atoms with van der Waals surface area (Å²) in [6.07, 6.45) is 5.08. The Morgan fingerprint density at radius 3 is 2.58 bits per heavy atom. The monoisotopic (exact) mass is 190 g/mol. The fraction of sp³-hybridized carbons (Fsp3) is 0.750. The molecule has 1 aliphatic rings. The van der Waals surface area contributed by atoms with E-state index in [4.69, 9.17) is 4.18 Å². The predicted molar refractivity (Wildman–Crippen MR) is 47.1 cm³/mol. The number of rotatable bonds is 4. The van der Waals surface area contributed by atoms with E-state index in [1.165, 1.54) is 0 Å². The molecule has 0 heterocycles. The van der Waals surface area contributed by atoms with Crippen LogP contribution in [-0.2, 0) is 14.3 Å². The molecule has 70 valence electrons. The van der Waals surface area contributed by atoms with Crippen molar-refractivity contribution in [2.45, 2.75) is 38.7 Å². The molecule has 0 aromatic heterocycles. The zero-order chi connectivity index (χ0) is 9.03. The van der Waals surface area contributed by atoms with Crippen molar-refractivity contribution in [3.05, 3.63) is 11.5 Å². The SMILES string of the molecule is CCC=CS(=O)(=O)OC1CCC1. The average Bonchev–Trinajstić information content (AvgIpc) is 1.94. The van der Waals surface area contributed by atoms with E-state index in [1.54, 1.807) is 6.08 Å². The fourth-order valence-electron chi connectivity index (χ4n) is 0.903. The molecule has 0 spiro atoms. The smallest absolute Gasteiger partial charge is 0.263 e. The molecule has 0 aromatic rings. The summed E-state index contributed by atoms with van der Waals surface area (Å²) in [6.45, 7) is 1.88. The van der Waals surface area contributed by atoms with Crippen LogP contribution in [0.15, 0.2) is 11.5 Å². The van der Waals surface area contributed by atoms with Crippen molar-refractivity contribution in [3.63, 3.8) is 0 Å². The van der Waals surface area contributed by atoms with E-state index in [1.807, 2.05) is 6.92 Å². The molecule has 0 aliphatic heterocycles. The van der Waals surface area contributed by atoms with Gasteiger partial charge in [0.1, 0.15) is 0 Å². The van der Waals surface area contributed by atoms with Gasteiger partial charge in [-0.05, 0) is 25.7 Å². The van der Waals surface area contributed by atoms with Gasteiger partial charge in [0.2, 0.25) is 0 Å². The highest BCUT2D eigenvalue weighted by Gasteiger charge is 2.23. The van der Waals surface area contributed by atoms with Crippen LogP contribution < -0.4 is 0 Å². The van der Waals surface area contributed by atoms with Crippen LogP contribution >= 0.6 is 0 Å². The molecule has 0 N–H and O–H groups in total. The van der Waals surface area contributed by atoms with Crippen molar-refractivity contribution in [2.24, 2.45) is 0 Å². The largest absolute Gasteiger partial charge is 0.290 e. The third-order valence-corrected chi connectivity index (χ3v) is 2.89. The molecule has 1 fully saturated rings. The maximum absolute atomic E-state index is 11.1. The van der Waals surface area contributed by atoms with Crippen molar-refractivity contribution in [1.29, 1.82) is 0 Å². The van der Waals surface area contributed by atoms with Crippen LogP contribution in [0.5, 0.6) is 0 Å². The molecule has 0 amide bonds. The first-order valence-corrected chi connectivity index (χ1v) is 5.71. The van der Waals surface area contributed by atoms with Gasteiger partial charge in [-0.2, -0.15) is 8.42 Å². The summed E-state index contributed by atoms with van der Waals surface area (Å²) in [5.74, 6) is 0. The Morgan fingerprint density at radius 1 is 1.50 bits per heavy atom. The molecule has 4 heteroatoms. The molecule has 12 heavy (non-hydrogen) atoms. The van der Waals surface area contributed by atoms with Gasteiger partial charge in [-0.3, -0.25) is 4.18 Å². The molecule has 3 nitrogen and oxygen atoms in total. The molecule has 1 rings (SSSR count). The summed E-state index contributed by atoms with van der Waals surface area (Å²) >= 11 is 0. The van der Waals surface area contributed by atoms with Crippen LogP contribution in [0.4, 0.5) is 0 Å². The Balaban J connectivity index is 2.42. The lowest BCUT2D eigenvalue weighted by molar-refractivity contribution is 0.130. The lowest BCUT2D eigenvalue weighted by Crippen LogP contribution is -2.24. The third kappa shape index (κ3) is 2.95. The summed E-state index contributed by atoms with van der Waals surface area (Å²) in [5, 5.41) is 1.14. The maximum Gasteiger partial charge on any atom is 0.290 e. The average molecular weight is 190 g/mol. The van der Waals surface area contributed by atoms with Gasteiger partial charge in [0.05, 0.1) is 11.5 Å². The van der Waals surface area contributed by atoms with Crippen molar-refractivity contribution < 1.29 is 12.6 Å². The molecule has 0 radical (unpaired) electrons. The van der Waals surface area contributed by atoms with E-state index < -0.39 is 10.1 Å². The van der Waals surface area contributed by atoms with E-state index in [0.717, 1.165) is 24.7 Å². The first-order valence-electron chi connectivity index (χ1n) is 4.24. The van der Waals surface area contributed by atoms with Gasteiger partial charge >= 0.3 is 0 Å². The molecular formula is C8H14O3S. The van der Waals surface area contributed by atoms with Crippen LogP contribution in [0.25, 0.3) is 0 Å². The van der Waals surface area contributed by atoms with Gasteiger partial charge in [0.25, 0.3) is 10.1 Å². The van der Waals surface area contributed by atoms with Crippen molar-refractivity contribution in [1.82, 2.24) is 0 Å². The van der Waals surface area contributed by atoms with Crippen LogP contribution in [0.3, 0.4) is 0 Å². The van der Waals surface area contributed by atoms with Gasteiger partial charge in [0, 0.05) is 0 Å². The summed E-state index contributed by atoms with van der Waals surface area (Å²) < 4.78 is 27.0. The Morgan fingerprint density at radius 2 is 2.17 bits per heavy atom. The standard InChI is InChI=1S/C8H14O3S/c1-2-3-7-12(9,10)11-8-5-4-6-8/h3,7-8H,2,4-6H2,1H3. The zero-order valence-corrected chi connectivity index (χ0v) is 8.01. The number of hydrogen-bond acceptors (Lipinski definition) is 3. The van der Waals surface area contributed by atoms with Gasteiger partial charge in [0.15, 0.2) is 0 Å². The second kappa shape index (κ2) is 4.05. The second-order valence-corrected chi connectivity index (χ2v) is 4.37. The molecule has 0 unspecified atom stereocenters. The lowest BCUT2D eigenvalue weighted by Gasteiger charge is -2.23. The van der Waals surface area contributed by atoms with E-state index in [9.17, 15) is 8.42 Å². The van der Waals surface area contributed by atoms with Gasteiger partial charge in [-0.25, -0.2) is 0 Å². The minimum atomic E-state index is -3.38. The summed E-state index contributed by atoms with van der Waals surface area (Å²) in [7, 11) is -3.38. The van der Waals surface area contributed by atoms with Crippen molar-refractivity contribution >= 4 is 10.1 Å². The molecule has 1 aliphatic carbocycles. The Hall–Kier alpha value is -0.350. The minimum absolute atomic E-state index is 0.0588. The first kappa shape index (κ1) is 9.74. The molecule has 1 saturated carbocycles. The predicted octanol–water partition coefficient (Wildman–Crippen LogP) is 1.81.